The maximum atomic E-state index is 13.5. The lowest BCUT2D eigenvalue weighted by molar-refractivity contribution is -0.123. The van der Waals surface area contributed by atoms with Gasteiger partial charge in [0.05, 0.1) is 28.0 Å². The Balaban J connectivity index is 1.62. The number of unbranched alkanes of at least 4 members (excludes halogenated alkanes) is 5. The molecular weight excluding hydrogens is 517 g/mol. The molecule has 36 heavy (non-hydrogen) atoms. The van der Waals surface area contributed by atoms with Gasteiger partial charge in [-0.15, -0.1) is 0 Å². The third-order valence-electron chi connectivity index (χ3n) is 6.50. The van der Waals surface area contributed by atoms with Crippen LogP contribution in [-0.4, -0.2) is 57.0 Å². The highest BCUT2D eigenvalue weighted by Gasteiger charge is 2.42. The van der Waals surface area contributed by atoms with Gasteiger partial charge in [0.1, 0.15) is 15.8 Å². The molecule has 2 aliphatic heterocycles. The van der Waals surface area contributed by atoms with Crippen molar-refractivity contribution >= 4 is 61.6 Å². The van der Waals surface area contributed by atoms with E-state index in [1.165, 1.54) is 35.0 Å². The van der Waals surface area contributed by atoms with Crippen molar-refractivity contribution in [3.8, 4) is 0 Å². The highest BCUT2D eigenvalue weighted by Crippen LogP contribution is 2.36. The predicted molar refractivity (Wildman–Crippen MR) is 150 cm³/mol. The highest BCUT2D eigenvalue weighted by atomic mass is 32.2. The van der Waals surface area contributed by atoms with Crippen LogP contribution >= 0.6 is 24.0 Å². The van der Waals surface area contributed by atoms with E-state index < -0.39 is 15.9 Å². The molecule has 0 spiro atoms. The number of nitrogens with zero attached hydrogens (tertiary/aromatic N) is 3. The zero-order valence-electron chi connectivity index (χ0n) is 20.7. The number of carbonyl (C=O) groups excluding carboxylic acids is 1. The van der Waals surface area contributed by atoms with Crippen LogP contribution in [0.1, 0.15) is 63.0 Å². The molecule has 0 aliphatic carbocycles. The summed E-state index contributed by atoms with van der Waals surface area (Å²) in [7, 11) is -3.17. The number of thiocarbonyl (C=S) groups is 1. The van der Waals surface area contributed by atoms with Crippen molar-refractivity contribution in [3.05, 3.63) is 44.7 Å². The maximum Gasteiger partial charge on any atom is 0.267 e. The third-order valence-corrected chi connectivity index (χ3v) is 9.58. The molecule has 2 aromatic heterocycles. The Labute approximate surface area is 221 Å². The predicted octanol–water partition coefficient (Wildman–Crippen LogP) is 4.16. The fraction of sp³-hybridized carbons (Fsp3) is 0.520. The first kappa shape index (κ1) is 26.8. The molecule has 0 saturated carbocycles. The number of amides is 1. The molecule has 0 bridgehead atoms. The first-order valence-electron chi connectivity index (χ1n) is 12.4. The summed E-state index contributed by atoms with van der Waals surface area (Å²) in [6.45, 7) is 4.76. The van der Waals surface area contributed by atoms with Crippen molar-refractivity contribution in [2.75, 3.05) is 23.4 Å². The quantitative estimate of drug-likeness (QED) is 0.268. The van der Waals surface area contributed by atoms with E-state index in [9.17, 15) is 18.0 Å². The Bertz CT molecular complexity index is 1370. The first-order valence-corrected chi connectivity index (χ1v) is 15.5. The van der Waals surface area contributed by atoms with E-state index >= 15 is 0 Å². The molecule has 1 atom stereocenters. The van der Waals surface area contributed by atoms with Gasteiger partial charge in [0.25, 0.3) is 11.5 Å². The fourth-order valence-corrected chi connectivity index (χ4v) is 7.62. The number of pyridine rings is 1. The number of hydrogen-bond acceptors (Lipinski definition) is 8. The summed E-state index contributed by atoms with van der Waals surface area (Å²) in [5, 5.41) is 3.31. The van der Waals surface area contributed by atoms with Gasteiger partial charge in [0.2, 0.25) is 0 Å². The zero-order chi connectivity index (χ0) is 25.9. The van der Waals surface area contributed by atoms with Crippen molar-refractivity contribution in [1.29, 1.82) is 0 Å². The molecule has 194 valence electrons. The van der Waals surface area contributed by atoms with Gasteiger partial charge in [-0.1, -0.05) is 69.1 Å². The summed E-state index contributed by atoms with van der Waals surface area (Å²) < 4.78 is 25.7. The van der Waals surface area contributed by atoms with E-state index in [1.807, 2.05) is 13.0 Å². The third kappa shape index (κ3) is 6.00. The summed E-state index contributed by atoms with van der Waals surface area (Å²) in [5.41, 5.74) is 1.46. The average Bonchev–Trinajstić information content (AvgIpc) is 3.32. The number of carbonyl (C=O) groups is 1. The first-order chi connectivity index (χ1) is 17.2. The molecule has 2 aromatic rings. The van der Waals surface area contributed by atoms with Gasteiger partial charge in [0, 0.05) is 12.7 Å². The van der Waals surface area contributed by atoms with Crippen LogP contribution in [0.25, 0.3) is 11.7 Å². The number of aromatic nitrogens is 2. The Morgan fingerprint density at radius 2 is 1.94 bits per heavy atom. The number of nitrogens with one attached hydrogen (secondary N) is 1. The molecule has 2 aliphatic rings. The molecule has 0 radical (unpaired) electrons. The van der Waals surface area contributed by atoms with Crippen LogP contribution < -0.4 is 10.9 Å². The molecule has 4 rings (SSSR count). The molecular formula is C25H32N4O4S3. The van der Waals surface area contributed by atoms with Crippen LogP contribution in [0, 0.1) is 6.92 Å². The highest BCUT2D eigenvalue weighted by molar-refractivity contribution is 8.26. The monoisotopic (exact) mass is 548 g/mol. The minimum atomic E-state index is -3.17. The SMILES string of the molecule is CCCCCCCCNc1nc2ccc(C)cn2c(=O)c1/C=C1\SC(=S)N([C@H]2CCS(=O)(=O)C2)C1=O. The van der Waals surface area contributed by atoms with Gasteiger partial charge in [-0.3, -0.25) is 18.9 Å². The lowest BCUT2D eigenvalue weighted by Gasteiger charge is -2.20. The summed E-state index contributed by atoms with van der Waals surface area (Å²) in [6.07, 6.45) is 10.5. The summed E-state index contributed by atoms with van der Waals surface area (Å²) >= 11 is 6.53. The Hall–Kier alpha value is -2.24. The molecule has 1 N–H and O–H groups in total. The number of sulfone groups is 1. The van der Waals surface area contributed by atoms with Crippen LogP contribution in [0.5, 0.6) is 0 Å². The summed E-state index contributed by atoms with van der Waals surface area (Å²) in [5.74, 6) is 0.0427. The molecule has 2 fully saturated rings. The topological polar surface area (TPSA) is 101 Å². The molecule has 1 amide bonds. The Morgan fingerprint density at radius 3 is 2.67 bits per heavy atom. The molecule has 4 heterocycles. The van der Waals surface area contributed by atoms with Crippen molar-refractivity contribution in [1.82, 2.24) is 14.3 Å². The number of anilines is 1. The summed E-state index contributed by atoms with van der Waals surface area (Å²) in [6, 6.07) is 3.24. The van der Waals surface area contributed by atoms with Crippen molar-refractivity contribution in [2.45, 2.75) is 64.8 Å². The van der Waals surface area contributed by atoms with Crippen LogP contribution in [0.3, 0.4) is 0 Å². The van der Waals surface area contributed by atoms with E-state index in [0.717, 1.165) is 30.2 Å². The van der Waals surface area contributed by atoms with Gasteiger partial charge >= 0.3 is 0 Å². The summed E-state index contributed by atoms with van der Waals surface area (Å²) in [4.78, 5) is 33.1. The Kier molecular flexibility index (Phi) is 8.52. The molecule has 11 heteroatoms. The van der Waals surface area contributed by atoms with E-state index in [4.69, 9.17) is 12.2 Å². The molecule has 8 nitrogen and oxygen atoms in total. The largest absolute Gasteiger partial charge is 0.369 e. The van der Waals surface area contributed by atoms with Gasteiger partial charge in [0.15, 0.2) is 9.84 Å². The fourth-order valence-electron chi connectivity index (χ4n) is 4.54. The second-order valence-corrected chi connectivity index (χ2v) is 13.3. The van der Waals surface area contributed by atoms with Crippen molar-refractivity contribution in [2.24, 2.45) is 0 Å². The number of hydrogen-bond donors (Lipinski definition) is 1. The van der Waals surface area contributed by atoms with E-state index in [-0.39, 0.29) is 23.0 Å². The smallest absolute Gasteiger partial charge is 0.267 e. The number of thioether (sulfide) groups is 1. The number of rotatable bonds is 10. The number of fused-ring (bicyclic) bond motifs is 1. The van der Waals surface area contributed by atoms with Crippen LogP contribution in [0.4, 0.5) is 5.82 Å². The average molecular weight is 549 g/mol. The lowest BCUT2D eigenvalue weighted by atomic mass is 10.1. The molecule has 2 saturated heterocycles. The van der Waals surface area contributed by atoms with Crippen molar-refractivity contribution < 1.29 is 13.2 Å². The minimum absolute atomic E-state index is 0.0512. The second kappa shape index (κ2) is 11.4. The normalized spacial score (nSPS) is 20.7. The van der Waals surface area contributed by atoms with E-state index in [0.29, 0.717) is 39.2 Å². The standard InChI is InChI=1S/C25H32N4O4S3/c1-3-4-5-6-7-8-12-26-22-19(23(30)28-15-17(2)9-10-21(28)27-22)14-20-24(31)29(25(34)35-20)18-11-13-36(32,33)16-18/h9-10,14-15,18,26H,3-8,11-13,16H2,1-2H3/b20-14-/t18-/m0/s1. The zero-order valence-corrected chi connectivity index (χ0v) is 23.1. The molecule has 0 unspecified atom stereocenters. The van der Waals surface area contributed by atoms with E-state index in [2.05, 4.69) is 17.2 Å². The molecule has 0 aromatic carbocycles. The maximum absolute atomic E-state index is 13.5. The van der Waals surface area contributed by atoms with E-state index in [1.54, 1.807) is 18.3 Å². The van der Waals surface area contributed by atoms with Crippen LogP contribution in [0.2, 0.25) is 0 Å². The van der Waals surface area contributed by atoms with Gasteiger partial charge < -0.3 is 5.32 Å². The van der Waals surface area contributed by atoms with Gasteiger partial charge in [-0.2, -0.15) is 0 Å². The van der Waals surface area contributed by atoms with Crippen molar-refractivity contribution in [3.63, 3.8) is 0 Å². The van der Waals surface area contributed by atoms with Crippen LogP contribution in [0.15, 0.2) is 28.0 Å². The Morgan fingerprint density at radius 1 is 1.19 bits per heavy atom. The second-order valence-electron chi connectivity index (χ2n) is 9.42. The minimum Gasteiger partial charge on any atom is -0.369 e. The van der Waals surface area contributed by atoms with Gasteiger partial charge in [-0.05, 0) is 37.5 Å². The number of aryl methyl sites for hydroxylation is 1. The lowest BCUT2D eigenvalue weighted by Crippen LogP contribution is -2.39. The van der Waals surface area contributed by atoms with Crippen LogP contribution in [-0.2, 0) is 14.6 Å². The van der Waals surface area contributed by atoms with Gasteiger partial charge in [-0.25, -0.2) is 13.4 Å².